The number of aliphatic hydroxyl groups excluding tert-OH is 1. The van der Waals surface area contributed by atoms with E-state index in [0.29, 0.717) is 23.4 Å². The monoisotopic (exact) mass is 226 g/mol. The molecule has 1 unspecified atom stereocenters. The van der Waals surface area contributed by atoms with Crippen LogP contribution in [0.1, 0.15) is 18.4 Å². The molecule has 15 heavy (non-hydrogen) atoms. The quantitative estimate of drug-likeness (QED) is 0.783. The third-order valence-corrected chi connectivity index (χ3v) is 2.48. The average Bonchev–Trinajstić information content (AvgIpc) is 2.21. The van der Waals surface area contributed by atoms with E-state index in [0.717, 1.165) is 0 Å². The third-order valence-electron chi connectivity index (χ3n) is 2.12. The molecule has 0 radical (unpaired) electrons. The van der Waals surface area contributed by atoms with E-state index in [-0.39, 0.29) is 12.2 Å². The van der Waals surface area contributed by atoms with Crippen LogP contribution in [0.3, 0.4) is 0 Å². The standard InChI is InChI=1S/C12H12ClFO/c1-2-3-5-9(15)8-10-11(13)6-4-7-12(10)14/h1,4,6-7,9,15H,3,5,8H2. The Hall–Kier alpha value is -1.04. The van der Waals surface area contributed by atoms with Gasteiger partial charge in [0.2, 0.25) is 0 Å². The molecule has 1 atom stereocenters. The first-order chi connectivity index (χ1) is 7.15. The largest absolute Gasteiger partial charge is 0.393 e. The fourth-order valence-corrected chi connectivity index (χ4v) is 1.56. The SMILES string of the molecule is C#CCCC(O)Cc1c(F)cccc1Cl. The van der Waals surface area contributed by atoms with Crippen LogP contribution >= 0.6 is 11.6 Å². The van der Waals surface area contributed by atoms with Gasteiger partial charge in [-0.1, -0.05) is 17.7 Å². The Morgan fingerprint density at radius 3 is 2.87 bits per heavy atom. The van der Waals surface area contributed by atoms with Crippen molar-refractivity contribution in [3.8, 4) is 12.3 Å². The van der Waals surface area contributed by atoms with Crippen LogP contribution in [0.4, 0.5) is 4.39 Å². The summed E-state index contributed by atoms with van der Waals surface area (Å²) in [5, 5.41) is 9.90. The lowest BCUT2D eigenvalue weighted by Gasteiger charge is -2.10. The minimum absolute atomic E-state index is 0.202. The van der Waals surface area contributed by atoms with Crippen molar-refractivity contribution < 1.29 is 9.50 Å². The summed E-state index contributed by atoms with van der Waals surface area (Å²) in [5.41, 5.74) is 0.351. The summed E-state index contributed by atoms with van der Waals surface area (Å²) >= 11 is 5.82. The number of hydrogen-bond acceptors (Lipinski definition) is 1. The second-order valence-corrected chi connectivity index (χ2v) is 3.71. The normalized spacial score (nSPS) is 12.1. The average molecular weight is 227 g/mol. The molecule has 1 nitrogen and oxygen atoms in total. The van der Waals surface area contributed by atoms with Crippen LogP contribution in [0, 0.1) is 18.2 Å². The van der Waals surface area contributed by atoms with E-state index < -0.39 is 6.10 Å². The number of aliphatic hydroxyl groups is 1. The van der Waals surface area contributed by atoms with E-state index in [2.05, 4.69) is 5.92 Å². The van der Waals surface area contributed by atoms with Crippen LogP contribution in [-0.2, 0) is 6.42 Å². The molecule has 0 amide bonds. The minimum Gasteiger partial charge on any atom is -0.393 e. The summed E-state index contributed by atoms with van der Waals surface area (Å²) in [6.45, 7) is 0. The van der Waals surface area contributed by atoms with Crippen molar-refractivity contribution in [1.82, 2.24) is 0 Å². The first-order valence-electron chi connectivity index (χ1n) is 4.69. The summed E-state index contributed by atoms with van der Waals surface area (Å²) in [6.07, 6.45) is 5.57. The molecule has 0 bridgehead atoms. The molecule has 1 N–H and O–H groups in total. The molecule has 0 aromatic heterocycles. The molecule has 3 heteroatoms. The van der Waals surface area contributed by atoms with Crippen molar-refractivity contribution in [2.75, 3.05) is 0 Å². The molecule has 0 saturated carbocycles. The molecule has 1 aromatic carbocycles. The molecule has 80 valence electrons. The molecule has 0 saturated heterocycles. The first-order valence-corrected chi connectivity index (χ1v) is 5.07. The van der Waals surface area contributed by atoms with E-state index >= 15 is 0 Å². The molecule has 0 spiro atoms. The maximum Gasteiger partial charge on any atom is 0.127 e. The van der Waals surface area contributed by atoms with E-state index in [9.17, 15) is 9.50 Å². The number of halogens is 2. The zero-order chi connectivity index (χ0) is 11.3. The first kappa shape index (κ1) is 12.0. The lowest BCUT2D eigenvalue weighted by Crippen LogP contribution is -2.11. The highest BCUT2D eigenvalue weighted by Gasteiger charge is 2.11. The van der Waals surface area contributed by atoms with Gasteiger partial charge in [0.05, 0.1) is 6.10 Å². The highest BCUT2D eigenvalue weighted by atomic mass is 35.5. The smallest absolute Gasteiger partial charge is 0.127 e. The summed E-state index contributed by atoms with van der Waals surface area (Å²) in [5.74, 6) is 2.04. The molecule has 1 aromatic rings. The summed E-state index contributed by atoms with van der Waals surface area (Å²) in [4.78, 5) is 0. The van der Waals surface area contributed by atoms with Gasteiger partial charge in [0.25, 0.3) is 0 Å². The third kappa shape index (κ3) is 3.54. The fraction of sp³-hybridized carbons (Fsp3) is 0.333. The number of hydrogen-bond donors (Lipinski definition) is 1. The van der Waals surface area contributed by atoms with Gasteiger partial charge < -0.3 is 5.11 Å². The van der Waals surface area contributed by atoms with Crippen molar-refractivity contribution in [2.24, 2.45) is 0 Å². The fourth-order valence-electron chi connectivity index (χ4n) is 1.31. The highest BCUT2D eigenvalue weighted by Crippen LogP contribution is 2.21. The van der Waals surface area contributed by atoms with Crippen molar-refractivity contribution in [3.05, 3.63) is 34.6 Å². The van der Waals surface area contributed by atoms with Gasteiger partial charge in [-0.25, -0.2) is 4.39 Å². The molecular weight excluding hydrogens is 215 g/mol. The van der Waals surface area contributed by atoms with Crippen molar-refractivity contribution in [3.63, 3.8) is 0 Å². The maximum atomic E-state index is 13.3. The van der Waals surface area contributed by atoms with E-state index in [4.69, 9.17) is 18.0 Å². The zero-order valence-corrected chi connectivity index (χ0v) is 8.97. The van der Waals surface area contributed by atoms with Crippen LogP contribution in [-0.4, -0.2) is 11.2 Å². The maximum absolute atomic E-state index is 13.3. The van der Waals surface area contributed by atoms with Crippen molar-refractivity contribution in [2.45, 2.75) is 25.4 Å². The van der Waals surface area contributed by atoms with Crippen LogP contribution in [0.25, 0.3) is 0 Å². The van der Waals surface area contributed by atoms with Gasteiger partial charge in [-0.3, -0.25) is 0 Å². The van der Waals surface area contributed by atoms with E-state index in [1.165, 1.54) is 12.1 Å². The summed E-state index contributed by atoms with van der Waals surface area (Å²) < 4.78 is 13.3. The molecule has 0 fully saturated rings. The van der Waals surface area contributed by atoms with Crippen LogP contribution in [0.5, 0.6) is 0 Å². The van der Waals surface area contributed by atoms with Crippen LogP contribution in [0.2, 0.25) is 5.02 Å². The second-order valence-electron chi connectivity index (χ2n) is 3.30. The topological polar surface area (TPSA) is 20.2 Å². The van der Waals surface area contributed by atoms with Gasteiger partial charge in [-0.15, -0.1) is 12.3 Å². The van der Waals surface area contributed by atoms with Gasteiger partial charge in [0.1, 0.15) is 5.82 Å². The Balaban J connectivity index is 2.68. The Morgan fingerprint density at radius 1 is 1.53 bits per heavy atom. The Labute approximate surface area is 93.9 Å². The molecular formula is C12H12ClFO. The predicted molar refractivity (Wildman–Crippen MR) is 59.2 cm³/mol. The van der Waals surface area contributed by atoms with Crippen molar-refractivity contribution in [1.29, 1.82) is 0 Å². The predicted octanol–water partition coefficient (Wildman–Crippen LogP) is 2.80. The number of terminal acetylenes is 1. The van der Waals surface area contributed by atoms with E-state index in [1.54, 1.807) is 6.07 Å². The molecule has 0 aliphatic heterocycles. The van der Waals surface area contributed by atoms with Gasteiger partial charge >= 0.3 is 0 Å². The lowest BCUT2D eigenvalue weighted by atomic mass is 10.0. The zero-order valence-electron chi connectivity index (χ0n) is 8.21. The molecule has 1 rings (SSSR count). The number of benzene rings is 1. The van der Waals surface area contributed by atoms with Gasteiger partial charge in [-0.2, -0.15) is 0 Å². The molecule has 0 aliphatic rings. The van der Waals surface area contributed by atoms with Gasteiger partial charge in [0.15, 0.2) is 0 Å². The van der Waals surface area contributed by atoms with Crippen molar-refractivity contribution >= 4 is 11.6 Å². The Kier molecular flexibility index (Phi) is 4.61. The van der Waals surface area contributed by atoms with E-state index in [1.807, 2.05) is 0 Å². The van der Waals surface area contributed by atoms with Gasteiger partial charge in [0, 0.05) is 23.4 Å². The molecule has 0 aliphatic carbocycles. The lowest BCUT2D eigenvalue weighted by molar-refractivity contribution is 0.165. The van der Waals surface area contributed by atoms with Gasteiger partial charge in [-0.05, 0) is 18.6 Å². The summed E-state index contributed by atoms with van der Waals surface area (Å²) in [7, 11) is 0. The number of rotatable bonds is 4. The summed E-state index contributed by atoms with van der Waals surface area (Å²) in [6, 6.07) is 4.47. The second kappa shape index (κ2) is 5.75. The minimum atomic E-state index is -0.643. The Bertz CT molecular complexity index is 350. The Morgan fingerprint density at radius 2 is 2.27 bits per heavy atom. The highest BCUT2D eigenvalue weighted by molar-refractivity contribution is 6.31. The van der Waals surface area contributed by atoms with Crippen LogP contribution in [0.15, 0.2) is 18.2 Å². The van der Waals surface area contributed by atoms with Crippen LogP contribution < -0.4 is 0 Å². The molecule has 0 heterocycles.